The van der Waals surface area contributed by atoms with Crippen LogP contribution in [0.2, 0.25) is 0 Å². The van der Waals surface area contributed by atoms with Crippen LogP contribution >= 0.6 is 0 Å². The molecule has 122 valence electrons. The van der Waals surface area contributed by atoms with Crippen LogP contribution in [0.3, 0.4) is 0 Å². The molecule has 0 fully saturated rings. The summed E-state index contributed by atoms with van der Waals surface area (Å²) in [6, 6.07) is 12.6. The van der Waals surface area contributed by atoms with Crippen molar-refractivity contribution < 1.29 is 18.8 Å². The number of ether oxygens (including phenoxy) is 2. The van der Waals surface area contributed by atoms with Gasteiger partial charge in [0.1, 0.15) is 11.4 Å². The highest BCUT2D eigenvalue weighted by Gasteiger charge is 2.13. The lowest BCUT2D eigenvalue weighted by Gasteiger charge is -2.04. The van der Waals surface area contributed by atoms with Gasteiger partial charge >= 0.3 is 5.97 Å². The third-order valence-corrected chi connectivity index (χ3v) is 3.43. The highest BCUT2D eigenvalue weighted by Crippen LogP contribution is 2.29. The quantitative estimate of drug-likeness (QED) is 0.670. The van der Waals surface area contributed by atoms with Crippen molar-refractivity contribution >= 4 is 5.97 Å². The van der Waals surface area contributed by atoms with Gasteiger partial charge in [-0.05, 0) is 31.2 Å². The first-order chi connectivity index (χ1) is 11.7. The summed E-state index contributed by atoms with van der Waals surface area (Å²) in [5.74, 6) is 0.683. The van der Waals surface area contributed by atoms with Crippen molar-refractivity contribution in [3.63, 3.8) is 0 Å². The fourth-order valence-corrected chi connectivity index (χ4v) is 2.17. The predicted molar refractivity (Wildman–Crippen MR) is 86.6 cm³/mol. The molecule has 0 unspecified atom stereocenters. The van der Waals surface area contributed by atoms with Crippen LogP contribution in [0.5, 0.6) is 5.75 Å². The van der Waals surface area contributed by atoms with Crippen molar-refractivity contribution in [2.75, 3.05) is 7.11 Å². The van der Waals surface area contributed by atoms with E-state index in [1.165, 1.54) is 6.20 Å². The van der Waals surface area contributed by atoms with Crippen LogP contribution in [-0.4, -0.2) is 23.2 Å². The minimum absolute atomic E-state index is 0.00510. The molecule has 0 bridgehead atoms. The minimum Gasteiger partial charge on any atom is -0.496 e. The smallest absolute Gasteiger partial charge is 0.340 e. The summed E-state index contributed by atoms with van der Waals surface area (Å²) >= 11 is 0. The minimum atomic E-state index is -0.460. The fourth-order valence-electron chi connectivity index (χ4n) is 2.17. The molecule has 0 aliphatic heterocycles. The third-order valence-electron chi connectivity index (χ3n) is 3.43. The van der Waals surface area contributed by atoms with Gasteiger partial charge in [-0.25, -0.2) is 4.79 Å². The van der Waals surface area contributed by atoms with Gasteiger partial charge in [0.2, 0.25) is 0 Å². The number of rotatable bonds is 5. The number of hydrogen-bond donors (Lipinski definition) is 0. The van der Waals surface area contributed by atoms with Gasteiger partial charge in [0.25, 0.3) is 0 Å². The van der Waals surface area contributed by atoms with Crippen LogP contribution in [0.1, 0.15) is 21.8 Å². The summed E-state index contributed by atoms with van der Waals surface area (Å²) < 4.78 is 15.7. The van der Waals surface area contributed by atoms with E-state index < -0.39 is 5.97 Å². The van der Waals surface area contributed by atoms with E-state index in [2.05, 4.69) is 10.1 Å². The van der Waals surface area contributed by atoms with Crippen molar-refractivity contribution in [3.8, 4) is 17.0 Å². The second kappa shape index (κ2) is 6.95. The number of para-hydroxylation sites is 1. The van der Waals surface area contributed by atoms with Crippen LogP contribution in [0.4, 0.5) is 0 Å². The van der Waals surface area contributed by atoms with Gasteiger partial charge < -0.3 is 14.0 Å². The van der Waals surface area contributed by atoms with Crippen LogP contribution in [0.25, 0.3) is 11.3 Å². The average Bonchev–Trinajstić information content (AvgIpc) is 3.09. The second-order valence-electron chi connectivity index (χ2n) is 5.14. The summed E-state index contributed by atoms with van der Waals surface area (Å²) in [4.78, 5) is 16.0. The Hall–Kier alpha value is -3.15. The Bertz CT molecular complexity index is 840. The summed E-state index contributed by atoms with van der Waals surface area (Å²) in [7, 11) is 1.59. The maximum Gasteiger partial charge on any atom is 0.340 e. The van der Waals surface area contributed by atoms with E-state index >= 15 is 0 Å². The number of benzene rings is 1. The average molecular weight is 324 g/mol. The largest absolute Gasteiger partial charge is 0.496 e. The molecule has 0 aliphatic carbocycles. The molecule has 0 aliphatic rings. The van der Waals surface area contributed by atoms with E-state index in [4.69, 9.17) is 14.0 Å². The first kappa shape index (κ1) is 15.7. The maximum absolute atomic E-state index is 12.0. The van der Waals surface area contributed by atoms with Crippen molar-refractivity contribution in [3.05, 3.63) is 65.7 Å². The summed E-state index contributed by atoms with van der Waals surface area (Å²) in [5, 5.41) is 4.00. The second-order valence-corrected chi connectivity index (χ2v) is 5.14. The van der Waals surface area contributed by atoms with Gasteiger partial charge in [0.15, 0.2) is 12.4 Å². The third kappa shape index (κ3) is 3.43. The maximum atomic E-state index is 12.0. The number of aromatic nitrogens is 2. The molecule has 0 amide bonds. The summed E-state index contributed by atoms with van der Waals surface area (Å²) in [5.41, 5.74) is 2.66. The van der Waals surface area contributed by atoms with Crippen molar-refractivity contribution in [1.29, 1.82) is 0 Å². The van der Waals surface area contributed by atoms with Gasteiger partial charge in [0.05, 0.1) is 12.7 Å². The number of carbonyl (C=O) groups excluding carboxylic acids is 1. The molecule has 3 aromatic rings. The van der Waals surface area contributed by atoms with Gasteiger partial charge in [-0.3, -0.25) is 4.98 Å². The number of aryl methyl sites for hydroxylation is 1. The molecule has 6 heteroatoms. The highest BCUT2D eigenvalue weighted by molar-refractivity contribution is 5.88. The molecular weight excluding hydrogens is 308 g/mol. The monoisotopic (exact) mass is 324 g/mol. The van der Waals surface area contributed by atoms with Gasteiger partial charge in [0, 0.05) is 23.5 Å². The summed E-state index contributed by atoms with van der Waals surface area (Å²) in [6.45, 7) is 1.85. The molecule has 2 aromatic heterocycles. The SMILES string of the molecule is COc1ccccc1-c1cc(COC(=O)c2ccc(C)nc2)on1. The van der Waals surface area contributed by atoms with E-state index in [0.29, 0.717) is 22.8 Å². The first-order valence-electron chi connectivity index (χ1n) is 7.36. The van der Waals surface area contributed by atoms with Crippen LogP contribution < -0.4 is 4.74 Å². The molecule has 24 heavy (non-hydrogen) atoms. The van der Waals surface area contributed by atoms with Gasteiger partial charge in [-0.1, -0.05) is 17.3 Å². The zero-order valence-electron chi connectivity index (χ0n) is 13.4. The molecule has 0 atom stereocenters. The van der Waals surface area contributed by atoms with Crippen LogP contribution in [-0.2, 0) is 11.3 Å². The number of nitrogens with zero attached hydrogens (tertiary/aromatic N) is 2. The van der Waals surface area contributed by atoms with E-state index in [0.717, 1.165) is 11.3 Å². The molecule has 0 radical (unpaired) electrons. The van der Waals surface area contributed by atoms with Crippen molar-refractivity contribution in [2.24, 2.45) is 0 Å². The molecule has 0 N–H and O–H groups in total. The fraction of sp³-hybridized carbons (Fsp3) is 0.167. The molecule has 0 saturated heterocycles. The Morgan fingerprint density at radius 3 is 2.79 bits per heavy atom. The van der Waals surface area contributed by atoms with Crippen molar-refractivity contribution in [2.45, 2.75) is 13.5 Å². The lowest BCUT2D eigenvalue weighted by Crippen LogP contribution is -2.05. The van der Waals surface area contributed by atoms with E-state index in [1.54, 1.807) is 25.3 Å². The Morgan fingerprint density at radius 1 is 1.21 bits per heavy atom. The zero-order valence-corrected chi connectivity index (χ0v) is 13.4. The Kier molecular flexibility index (Phi) is 4.56. The lowest BCUT2D eigenvalue weighted by atomic mass is 10.1. The number of carbonyl (C=O) groups is 1. The van der Waals surface area contributed by atoms with E-state index in [1.807, 2.05) is 31.2 Å². The Morgan fingerprint density at radius 2 is 2.04 bits per heavy atom. The molecule has 0 spiro atoms. The number of esters is 1. The van der Waals surface area contributed by atoms with E-state index in [9.17, 15) is 4.79 Å². The molecular formula is C18H16N2O4. The highest BCUT2D eigenvalue weighted by atomic mass is 16.5. The standard InChI is InChI=1S/C18H16N2O4/c1-12-7-8-13(10-19-12)18(21)23-11-14-9-16(20-24-14)15-5-3-4-6-17(15)22-2/h3-10H,11H2,1-2H3. The number of hydrogen-bond acceptors (Lipinski definition) is 6. The Labute approximate surface area is 139 Å². The van der Waals surface area contributed by atoms with E-state index in [-0.39, 0.29) is 6.61 Å². The molecule has 3 rings (SSSR count). The number of pyridine rings is 1. The predicted octanol–water partition coefficient (Wildman–Crippen LogP) is 3.41. The molecule has 2 heterocycles. The van der Waals surface area contributed by atoms with Crippen LogP contribution in [0, 0.1) is 6.92 Å². The lowest BCUT2D eigenvalue weighted by molar-refractivity contribution is 0.0437. The number of methoxy groups -OCH3 is 1. The summed E-state index contributed by atoms with van der Waals surface area (Å²) in [6.07, 6.45) is 1.48. The van der Waals surface area contributed by atoms with Gasteiger partial charge in [-0.2, -0.15) is 0 Å². The van der Waals surface area contributed by atoms with Crippen LogP contribution in [0.15, 0.2) is 53.2 Å². The Balaban J connectivity index is 1.68. The normalized spacial score (nSPS) is 10.4. The molecule has 1 aromatic carbocycles. The molecule has 0 saturated carbocycles. The topological polar surface area (TPSA) is 74.5 Å². The first-order valence-corrected chi connectivity index (χ1v) is 7.36. The van der Waals surface area contributed by atoms with Gasteiger partial charge in [-0.15, -0.1) is 0 Å². The zero-order chi connectivity index (χ0) is 16.9. The molecule has 6 nitrogen and oxygen atoms in total. The van der Waals surface area contributed by atoms with Crippen molar-refractivity contribution in [1.82, 2.24) is 10.1 Å².